The van der Waals surface area contributed by atoms with Crippen LogP contribution in [0.2, 0.25) is 0 Å². The highest BCUT2D eigenvalue weighted by atomic mass is 19.1. The van der Waals surface area contributed by atoms with E-state index in [1.807, 2.05) is 0 Å². The lowest BCUT2D eigenvalue weighted by Gasteiger charge is -2.20. The average Bonchev–Trinajstić information content (AvgIpc) is 2.72. The topological polar surface area (TPSA) is 138 Å². The van der Waals surface area contributed by atoms with Crippen LogP contribution >= 0.6 is 0 Å². The molecule has 11 heteroatoms. The summed E-state index contributed by atoms with van der Waals surface area (Å²) in [6.45, 7) is 4.60. The number of nitrogens with two attached hydrogens (primary N) is 1. The molecule has 0 heterocycles. The second kappa shape index (κ2) is 10.5. The summed E-state index contributed by atoms with van der Waals surface area (Å²) in [4.78, 5) is 35.8. The Balaban J connectivity index is 2.25. The molecule has 2 rings (SSSR count). The molecule has 0 bridgehead atoms. The summed E-state index contributed by atoms with van der Waals surface area (Å²) >= 11 is 0. The Morgan fingerprint density at radius 3 is 2.12 bits per heavy atom. The standard InChI is InChI=1S/C22H26FN3O7/c1-22(2,3)33-21(29)26-15-10-13(6-7-14(15)23)25-20(28)12-8-16(30-4)19(17(9-12)31-5)32-11-18(24)27/h6-10H,11H2,1-5H3,(H2,24,27)(H,25,28)(H,26,29). The Morgan fingerprint density at radius 1 is 1.00 bits per heavy atom. The van der Waals surface area contributed by atoms with Crippen molar-refractivity contribution in [2.24, 2.45) is 5.73 Å². The summed E-state index contributed by atoms with van der Waals surface area (Å²) < 4.78 is 35.0. The lowest BCUT2D eigenvalue weighted by molar-refractivity contribution is -0.120. The third-order valence-electron chi connectivity index (χ3n) is 3.94. The van der Waals surface area contributed by atoms with E-state index in [4.69, 9.17) is 24.7 Å². The number of hydrogen-bond donors (Lipinski definition) is 3. The van der Waals surface area contributed by atoms with Crippen molar-refractivity contribution in [3.05, 3.63) is 41.7 Å². The normalized spacial score (nSPS) is 10.7. The molecule has 0 aromatic heterocycles. The van der Waals surface area contributed by atoms with Crippen molar-refractivity contribution in [1.82, 2.24) is 0 Å². The van der Waals surface area contributed by atoms with Gasteiger partial charge >= 0.3 is 6.09 Å². The highest BCUT2D eigenvalue weighted by molar-refractivity contribution is 6.05. The Morgan fingerprint density at radius 2 is 1.61 bits per heavy atom. The van der Waals surface area contributed by atoms with E-state index in [2.05, 4.69) is 10.6 Å². The van der Waals surface area contributed by atoms with Gasteiger partial charge in [0.2, 0.25) is 5.75 Å². The van der Waals surface area contributed by atoms with Crippen LogP contribution in [0.3, 0.4) is 0 Å². The molecule has 0 aliphatic rings. The maximum Gasteiger partial charge on any atom is 0.412 e. The summed E-state index contributed by atoms with van der Waals surface area (Å²) in [7, 11) is 2.70. The van der Waals surface area contributed by atoms with Crippen molar-refractivity contribution < 1.29 is 37.7 Å². The van der Waals surface area contributed by atoms with Gasteiger partial charge in [0.15, 0.2) is 18.1 Å². The third-order valence-corrected chi connectivity index (χ3v) is 3.94. The molecule has 3 amide bonds. The minimum Gasteiger partial charge on any atom is -0.493 e. The van der Waals surface area contributed by atoms with Gasteiger partial charge in [0.1, 0.15) is 11.4 Å². The van der Waals surface area contributed by atoms with Gasteiger partial charge in [-0.15, -0.1) is 0 Å². The number of hydrogen-bond acceptors (Lipinski definition) is 7. The largest absolute Gasteiger partial charge is 0.493 e. The second-order valence-electron chi connectivity index (χ2n) is 7.74. The molecule has 0 saturated heterocycles. The fourth-order valence-corrected chi connectivity index (χ4v) is 2.61. The summed E-state index contributed by atoms with van der Waals surface area (Å²) in [5.41, 5.74) is 4.49. The average molecular weight is 463 g/mol. The molecule has 0 radical (unpaired) electrons. The Bertz CT molecular complexity index is 1030. The quantitative estimate of drug-likeness (QED) is 0.546. The van der Waals surface area contributed by atoms with Crippen molar-refractivity contribution in [3.63, 3.8) is 0 Å². The fourth-order valence-electron chi connectivity index (χ4n) is 2.61. The van der Waals surface area contributed by atoms with Crippen LogP contribution < -0.4 is 30.6 Å². The van der Waals surface area contributed by atoms with Gasteiger partial charge in [-0.1, -0.05) is 0 Å². The molecule has 10 nitrogen and oxygen atoms in total. The van der Waals surface area contributed by atoms with Crippen LogP contribution in [0.5, 0.6) is 17.2 Å². The van der Waals surface area contributed by atoms with Gasteiger partial charge < -0.3 is 30.0 Å². The van der Waals surface area contributed by atoms with Gasteiger partial charge in [-0.2, -0.15) is 0 Å². The third kappa shape index (κ3) is 7.27. The highest BCUT2D eigenvalue weighted by Crippen LogP contribution is 2.38. The molecule has 0 aliphatic carbocycles. The van der Waals surface area contributed by atoms with Gasteiger partial charge in [0, 0.05) is 11.3 Å². The number of carbonyl (C=O) groups is 3. The number of halogens is 1. The van der Waals surface area contributed by atoms with E-state index in [1.165, 1.54) is 38.5 Å². The molecule has 0 spiro atoms. The van der Waals surface area contributed by atoms with Crippen LogP contribution in [-0.2, 0) is 9.53 Å². The highest BCUT2D eigenvalue weighted by Gasteiger charge is 2.20. The number of primary amides is 1. The Labute approximate surface area is 190 Å². The number of methoxy groups -OCH3 is 2. The molecule has 2 aromatic rings. The number of ether oxygens (including phenoxy) is 4. The maximum atomic E-state index is 14.1. The number of amides is 3. The van der Waals surface area contributed by atoms with Crippen molar-refractivity contribution in [3.8, 4) is 17.2 Å². The van der Waals surface area contributed by atoms with Crippen molar-refractivity contribution in [2.75, 3.05) is 31.5 Å². The van der Waals surface area contributed by atoms with E-state index in [-0.39, 0.29) is 34.2 Å². The number of nitrogens with one attached hydrogen (secondary N) is 2. The van der Waals surface area contributed by atoms with Crippen LogP contribution in [0, 0.1) is 5.82 Å². The van der Waals surface area contributed by atoms with Crippen LogP contribution in [-0.4, -0.2) is 44.3 Å². The van der Waals surface area contributed by atoms with E-state index in [0.717, 1.165) is 6.07 Å². The summed E-state index contributed by atoms with van der Waals surface area (Å²) in [5.74, 6) is -1.63. The number of carbonyl (C=O) groups excluding carboxylic acids is 3. The first-order valence-corrected chi connectivity index (χ1v) is 9.71. The smallest absolute Gasteiger partial charge is 0.412 e. The second-order valence-corrected chi connectivity index (χ2v) is 7.74. The van der Waals surface area contributed by atoms with Crippen LogP contribution in [0.4, 0.5) is 20.6 Å². The van der Waals surface area contributed by atoms with Crippen molar-refractivity contribution in [1.29, 1.82) is 0 Å². The summed E-state index contributed by atoms with van der Waals surface area (Å²) in [6, 6.07) is 6.40. The molecule has 0 fully saturated rings. The predicted molar refractivity (Wildman–Crippen MR) is 118 cm³/mol. The van der Waals surface area contributed by atoms with E-state index >= 15 is 0 Å². The van der Waals surface area contributed by atoms with Gasteiger partial charge in [-0.3, -0.25) is 14.9 Å². The molecule has 0 saturated carbocycles. The minimum atomic E-state index is -0.842. The summed E-state index contributed by atoms with van der Waals surface area (Å²) in [5, 5.41) is 4.90. The molecule has 0 unspecified atom stereocenters. The molecule has 4 N–H and O–H groups in total. The molecule has 0 atom stereocenters. The van der Waals surface area contributed by atoms with Gasteiger partial charge in [-0.05, 0) is 51.1 Å². The Hall–Kier alpha value is -4.02. The monoisotopic (exact) mass is 463 g/mol. The minimum absolute atomic E-state index is 0.0981. The van der Waals surface area contributed by atoms with E-state index in [9.17, 15) is 18.8 Å². The van der Waals surface area contributed by atoms with E-state index < -0.39 is 35.9 Å². The lowest BCUT2D eigenvalue weighted by atomic mass is 10.1. The molecular weight excluding hydrogens is 437 g/mol. The van der Waals surface area contributed by atoms with Gasteiger partial charge in [-0.25, -0.2) is 9.18 Å². The molecule has 178 valence electrons. The zero-order valence-corrected chi connectivity index (χ0v) is 18.9. The van der Waals surface area contributed by atoms with Crippen molar-refractivity contribution in [2.45, 2.75) is 26.4 Å². The Kier molecular flexibility index (Phi) is 8.05. The molecule has 33 heavy (non-hydrogen) atoms. The van der Waals surface area contributed by atoms with Crippen LogP contribution in [0.15, 0.2) is 30.3 Å². The summed E-state index contributed by atoms with van der Waals surface area (Å²) in [6.07, 6.45) is -0.842. The first-order valence-electron chi connectivity index (χ1n) is 9.71. The number of anilines is 2. The van der Waals surface area contributed by atoms with Crippen molar-refractivity contribution >= 4 is 29.3 Å². The van der Waals surface area contributed by atoms with E-state index in [1.54, 1.807) is 20.8 Å². The predicted octanol–water partition coefficient (Wildman–Crippen LogP) is 3.31. The van der Waals surface area contributed by atoms with Crippen LogP contribution in [0.1, 0.15) is 31.1 Å². The first kappa shape index (κ1) is 25.2. The van der Waals surface area contributed by atoms with Crippen LogP contribution in [0.25, 0.3) is 0 Å². The maximum absolute atomic E-state index is 14.1. The SMILES string of the molecule is COc1cc(C(=O)Nc2ccc(F)c(NC(=O)OC(C)(C)C)c2)cc(OC)c1OCC(N)=O. The molecule has 0 aliphatic heterocycles. The first-order chi connectivity index (χ1) is 15.4. The fraction of sp³-hybridized carbons (Fsp3) is 0.318. The van der Waals surface area contributed by atoms with Gasteiger partial charge in [0.25, 0.3) is 11.8 Å². The van der Waals surface area contributed by atoms with E-state index in [0.29, 0.717) is 0 Å². The zero-order chi connectivity index (χ0) is 24.8. The number of rotatable bonds is 8. The molecule has 2 aromatic carbocycles. The van der Waals surface area contributed by atoms with Gasteiger partial charge in [0.05, 0.1) is 19.9 Å². The lowest BCUT2D eigenvalue weighted by Crippen LogP contribution is -2.27. The molecular formula is C22H26FN3O7. The zero-order valence-electron chi connectivity index (χ0n) is 18.9. The number of benzene rings is 2.